The average molecular weight is 393 g/mol. The molecule has 1 aliphatic carbocycles. The number of hydrogen-bond acceptors (Lipinski definition) is 6. The minimum absolute atomic E-state index is 0. The first kappa shape index (κ1) is 19.5. The van der Waals surface area contributed by atoms with Gasteiger partial charge in [0.25, 0.3) is 11.8 Å². The van der Waals surface area contributed by atoms with Gasteiger partial charge in [-0.15, -0.1) is 12.4 Å². The topological polar surface area (TPSA) is 92.8 Å². The Morgan fingerprint density at radius 3 is 2.37 bits per heavy atom. The van der Waals surface area contributed by atoms with Gasteiger partial charge in [-0.1, -0.05) is 0 Å². The van der Waals surface area contributed by atoms with Crippen LogP contribution < -0.4 is 10.1 Å². The highest BCUT2D eigenvalue weighted by Crippen LogP contribution is 2.31. The molecule has 2 aliphatic heterocycles. The molecule has 1 atom stereocenters. The van der Waals surface area contributed by atoms with Crippen LogP contribution in [0.5, 0.6) is 5.75 Å². The summed E-state index contributed by atoms with van der Waals surface area (Å²) < 4.78 is 5.95. The van der Waals surface area contributed by atoms with Gasteiger partial charge in [0.15, 0.2) is 5.78 Å². The van der Waals surface area contributed by atoms with Crippen LogP contribution in [0.4, 0.5) is 0 Å². The number of hydrogen-bond donors (Lipinski definition) is 1. The summed E-state index contributed by atoms with van der Waals surface area (Å²) in [6, 6.07) is 4.04. The van der Waals surface area contributed by atoms with Crippen LogP contribution >= 0.6 is 12.4 Å². The van der Waals surface area contributed by atoms with Crippen LogP contribution in [0.1, 0.15) is 52.8 Å². The second-order valence-electron chi connectivity index (χ2n) is 6.99. The van der Waals surface area contributed by atoms with E-state index in [9.17, 15) is 19.2 Å². The lowest BCUT2D eigenvalue weighted by atomic mass is 9.92. The minimum Gasteiger partial charge on any atom is -0.490 e. The zero-order valence-corrected chi connectivity index (χ0v) is 15.5. The van der Waals surface area contributed by atoms with Crippen molar-refractivity contribution in [2.45, 2.75) is 44.2 Å². The predicted molar refractivity (Wildman–Crippen MR) is 98.4 cm³/mol. The van der Waals surface area contributed by atoms with Gasteiger partial charge in [-0.3, -0.25) is 24.1 Å². The number of carbonyl (C=O) groups is 4. The number of amides is 2. The van der Waals surface area contributed by atoms with E-state index < -0.39 is 17.9 Å². The van der Waals surface area contributed by atoms with Gasteiger partial charge in [0.05, 0.1) is 23.6 Å². The van der Waals surface area contributed by atoms with Crippen molar-refractivity contribution in [3.05, 3.63) is 29.3 Å². The summed E-state index contributed by atoms with van der Waals surface area (Å²) >= 11 is 0. The summed E-state index contributed by atoms with van der Waals surface area (Å²) in [5.74, 6) is -0.883. The van der Waals surface area contributed by atoms with Crippen molar-refractivity contribution in [1.29, 1.82) is 0 Å². The third-order valence-electron chi connectivity index (χ3n) is 5.23. The van der Waals surface area contributed by atoms with E-state index in [1.165, 1.54) is 0 Å². The Hall–Kier alpha value is -2.25. The largest absolute Gasteiger partial charge is 0.490 e. The molecule has 3 aliphatic rings. The first-order valence-electron chi connectivity index (χ1n) is 8.98. The summed E-state index contributed by atoms with van der Waals surface area (Å²) in [7, 11) is 0. The van der Waals surface area contributed by atoms with E-state index in [4.69, 9.17) is 4.74 Å². The van der Waals surface area contributed by atoms with Gasteiger partial charge in [0, 0.05) is 6.42 Å². The van der Waals surface area contributed by atoms with E-state index in [0.29, 0.717) is 5.75 Å². The molecule has 0 radical (unpaired) electrons. The fraction of sp³-hybridized carbons (Fsp3) is 0.474. The monoisotopic (exact) mass is 392 g/mol. The molecular weight excluding hydrogens is 372 g/mol. The molecule has 1 aromatic rings. The number of piperidine rings is 1. The number of Topliss-reactive ketones (excluding diaryl/α,β-unsaturated/α-hetero) is 2. The molecule has 0 aromatic heterocycles. The Morgan fingerprint density at radius 1 is 0.963 bits per heavy atom. The molecule has 4 rings (SSSR count). The second kappa shape index (κ2) is 7.78. The van der Waals surface area contributed by atoms with Crippen molar-refractivity contribution in [2.24, 2.45) is 0 Å². The van der Waals surface area contributed by atoms with E-state index in [-0.39, 0.29) is 60.5 Å². The fourth-order valence-corrected chi connectivity index (χ4v) is 3.83. The standard InChI is InChI=1S/C19H20N2O5.ClH/c22-11-1-4-16(17(23)9-11)21-18(24)14-3-2-13(10-15(14)19(21)25)26-12-5-7-20-8-6-12;/h2-3,10,12,16,20H,1,4-9H2;1H. The second-order valence-corrected chi connectivity index (χ2v) is 6.99. The molecule has 2 fully saturated rings. The highest BCUT2D eigenvalue weighted by molar-refractivity contribution is 6.23. The minimum atomic E-state index is -0.839. The zero-order chi connectivity index (χ0) is 18.3. The van der Waals surface area contributed by atoms with Crippen molar-refractivity contribution < 1.29 is 23.9 Å². The number of fused-ring (bicyclic) bond motifs is 1. The Morgan fingerprint density at radius 2 is 1.67 bits per heavy atom. The van der Waals surface area contributed by atoms with E-state index in [1.807, 2.05) is 0 Å². The third kappa shape index (κ3) is 3.61. The molecule has 144 valence electrons. The lowest BCUT2D eigenvalue weighted by molar-refractivity contribution is -0.132. The SMILES string of the molecule is Cl.O=C1CCC(N2C(=O)c3ccc(OC4CCNCC4)cc3C2=O)C(=O)C1. The maximum atomic E-state index is 12.8. The molecule has 1 saturated carbocycles. The Kier molecular flexibility index (Phi) is 5.62. The van der Waals surface area contributed by atoms with E-state index >= 15 is 0 Å². The van der Waals surface area contributed by atoms with Gasteiger partial charge < -0.3 is 10.1 Å². The zero-order valence-electron chi connectivity index (χ0n) is 14.7. The lowest BCUT2D eigenvalue weighted by Crippen LogP contribution is -2.47. The quantitative estimate of drug-likeness (QED) is 0.619. The smallest absolute Gasteiger partial charge is 0.262 e. The maximum absolute atomic E-state index is 12.8. The molecule has 7 nitrogen and oxygen atoms in total. The van der Waals surface area contributed by atoms with E-state index in [1.54, 1.807) is 18.2 Å². The highest BCUT2D eigenvalue weighted by atomic mass is 35.5. The number of carbonyl (C=O) groups excluding carboxylic acids is 4. The van der Waals surface area contributed by atoms with Crippen LogP contribution in [0.3, 0.4) is 0 Å². The molecule has 2 heterocycles. The molecule has 8 heteroatoms. The van der Waals surface area contributed by atoms with Crippen LogP contribution in [-0.4, -0.2) is 53.5 Å². The first-order chi connectivity index (χ1) is 12.5. The third-order valence-corrected chi connectivity index (χ3v) is 5.23. The fourth-order valence-electron chi connectivity index (χ4n) is 3.83. The Labute approximate surface area is 162 Å². The lowest BCUT2D eigenvalue weighted by Gasteiger charge is -2.27. The maximum Gasteiger partial charge on any atom is 0.262 e. The first-order valence-corrected chi connectivity index (χ1v) is 8.98. The van der Waals surface area contributed by atoms with Crippen LogP contribution in [0.15, 0.2) is 18.2 Å². The normalized spacial score (nSPS) is 23.3. The molecule has 1 aromatic carbocycles. The molecule has 1 unspecified atom stereocenters. The van der Waals surface area contributed by atoms with Gasteiger partial charge >= 0.3 is 0 Å². The number of ketones is 2. The summed E-state index contributed by atoms with van der Waals surface area (Å²) in [5, 5.41) is 3.26. The molecular formula is C19H21ClN2O5. The summed E-state index contributed by atoms with van der Waals surface area (Å²) in [6.07, 6.45) is 2.09. The average Bonchev–Trinajstić information content (AvgIpc) is 2.87. The summed E-state index contributed by atoms with van der Waals surface area (Å²) in [4.78, 5) is 50.0. The molecule has 1 N–H and O–H groups in total. The van der Waals surface area contributed by atoms with Gasteiger partial charge in [-0.25, -0.2) is 0 Å². The highest BCUT2D eigenvalue weighted by Gasteiger charge is 2.44. The molecule has 0 bridgehead atoms. The molecule has 1 saturated heterocycles. The number of ether oxygens (including phenoxy) is 1. The number of imide groups is 1. The van der Waals surface area contributed by atoms with Crippen LogP contribution in [-0.2, 0) is 9.59 Å². The van der Waals surface area contributed by atoms with Crippen molar-refractivity contribution in [3.63, 3.8) is 0 Å². The number of nitrogens with one attached hydrogen (secondary N) is 1. The Bertz CT molecular complexity index is 803. The van der Waals surface area contributed by atoms with Crippen molar-refractivity contribution >= 4 is 35.8 Å². The van der Waals surface area contributed by atoms with Gasteiger partial charge in [-0.05, 0) is 50.6 Å². The van der Waals surface area contributed by atoms with Crippen LogP contribution in [0.2, 0.25) is 0 Å². The number of benzene rings is 1. The summed E-state index contributed by atoms with van der Waals surface area (Å²) in [5.41, 5.74) is 0.559. The van der Waals surface area contributed by atoms with E-state index in [0.717, 1.165) is 30.8 Å². The number of rotatable bonds is 3. The van der Waals surface area contributed by atoms with Crippen molar-refractivity contribution in [2.75, 3.05) is 13.1 Å². The summed E-state index contributed by atoms with van der Waals surface area (Å²) in [6.45, 7) is 1.78. The molecule has 2 amide bonds. The molecule has 27 heavy (non-hydrogen) atoms. The van der Waals surface area contributed by atoms with Gasteiger partial charge in [-0.2, -0.15) is 0 Å². The van der Waals surface area contributed by atoms with Crippen molar-refractivity contribution in [3.8, 4) is 5.75 Å². The number of halogens is 1. The molecule has 0 spiro atoms. The van der Waals surface area contributed by atoms with Crippen molar-refractivity contribution in [1.82, 2.24) is 10.2 Å². The van der Waals surface area contributed by atoms with Gasteiger partial charge in [0.2, 0.25) is 0 Å². The Balaban J connectivity index is 0.00000210. The van der Waals surface area contributed by atoms with Gasteiger partial charge in [0.1, 0.15) is 17.6 Å². The van der Waals surface area contributed by atoms with Crippen LogP contribution in [0, 0.1) is 0 Å². The predicted octanol–water partition coefficient (Wildman–Crippen LogP) is 1.53. The number of nitrogens with zero attached hydrogens (tertiary/aromatic N) is 1. The van der Waals surface area contributed by atoms with Crippen LogP contribution in [0.25, 0.3) is 0 Å². The van der Waals surface area contributed by atoms with E-state index in [2.05, 4.69) is 5.32 Å².